The van der Waals surface area contributed by atoms with Crippen LogP contribution < -0.4 is 5.73 Å². The Kier molecular flexibility index (Phi) is 2.88. The number of tetrazole rings is 1. The van der Waals surface area contributed by atoms with Crippen LogP contribution in [-0.2, 0) is 0 Å². The number of hydrogen-bond donors (Lipinski definition) is 2. The zero-order valence-electron chi connectivity index (χ0n) is 10.3. The summed E-state index contributed by atoms with van der Waals surface area (Å²) in [5.74, 6) is 0.548. The second-order valence-electron chi connectivity index (χ2n) is 3.92. The molecule has 20 heavy (non-hydrogen) atoms. The number of nitrogens with two attached hydrogens (primary N) is 1. The van der Waals surface area contributed by atoms with Crippen LogP contribution in [-0.4, -0.2) is 36.0 Å². The Morgan fingerprint density at radius 1 is 1.15 bits per heavy atom. The maximum atomic E-state index is 7.36. The number of amidine groups is 1. The molecule has 0 saturated heterocycles. The molecule has 98 valence electrons. The second-order valence-corrected chi connectivity index (χ2v) is 3.92. The van der Waals surface area contributed by atoms with Crippen molar-refractivity contribution in [3.63, 3.8) is 0 Å². The summed E-state index contributed by atoms with van der Waals surface area (Å²) in [4.78, 5) is 9.32. The Balaban J connectivity index is 1.98. The summed E-state index contributed by atoms with van der Waals surface area (Å²) < 4.78 is 0. The summed E-state index contributed by atoms with van der Waals surface area (Å²) >= 11 is 0. The topological polar surface area (TPSA) is 119 Å². The minimum atomic E-state index is -0.142. The molecule has 3 rings (SSSR count). The lowest BCUT2D eigenvalue weighted by molar-refractivity contribution is 0.677. The molecule has 8 nitrogen and oxygen atoms in total. The van der Waals surface area contributed by atoms with Gasteiger partial charge in [0, 0.05) is 11.8 Å². The molecule has 0 saturated carbocycles. The van der Waals surface area contributed by atoms with Crippen LogP contribution in [0.3, 0.4) is 0 Å². The van der Waals surface area contributed by atoms with Gasteiger partial charge in [0.25, 0.3) is 5.95 Å². The average Bonchev–Trinajstić information content (AvgIpc) is 2.98. The molecule has 2 heterocycles. The first-order valence-electron chi connectivity index (χ1n) is 5.77. The summed E-state index contributed by atoms with van der Waals surface area (Å²) in [6, 6.07) is 11.0. The molecule has 0 atom stereocenters. The van der Waals surface area contributed by atoms with Crippen molar-refractivity contribution in [1.82, 2.24) is 30.2 Å². The van der Waals surface area contributed by atoms with Gasteiger partial charge in [0.15, 0.2) is 0 Å². The van der Waals surface area contributed by atoms with Crippen molar-refractivity contribution in [1.29, 1.82) is 5.41 Å². The zero-order valence-corrected chi connectivity index (χ0v) is 10.3. The monoisotopic (exact) mass is 266 g/mol. The van der Waals surface area contributed by atoms with Gasteiger partial charge in [-0.05, 0) is 11.3 Å². The van der Waals surface area contributed by atoms with Crippen molar-refractivity contribution in [3.05, 3.63) is 48.3 Å². The van der Waals surface area contributed by atoms with E-state index in [0.717, 1.165) is 5.56 Å². The fourth-order valence-electron chi connectivity index (χ4n) is 1.60. The molecule has 3 aromatic rings. The fraction of sp³-hybridized carbons (Fsp3) is 0. The molecular formula is C12H10N8. The van der Waals surface area contributed by atoms with E-state index >= 15 is 0 Å². The molecule has 1 aromatic carbocycles. The predicted molar refractivity (Wildman–Crippen MR) is 71.2 cm³/mol. The molecule has 0 unspecified atom stereocenters. The Morgan fingerprint density at radius 2 is 1.95 bits per heavy atom. The maximum Gasteiger partial charge on any atom is 0.271 e. The van der Waals surface area contributed by atoms with E-state index in [2.05, 4.69) is 25.4 Å². The number of nitrogens with zero attached hydrogens (tertiary/aromatic N) is 6. The van der Waals surface area contributed by atoms with Gasteiger partial charge in [-0.25, -0.2) is 9.97 Å². The van der Waals surface area contributed by atoms with Gasteiger partial charge in [-0.3, -0.25) is 5.41 Å². The number of benzene rings is 1. The molecule has 2 aromatic heterocycles. The number of hydrogen-bond acceptors (Lipinski definition) is 6. The minimum Gasteiger partial charge on any atom is -0.382 e. The highest BCUT2D eigenvalue weighted by atomic mass is 15.6. The lowest BCUT2D eigenvalue weighted by Gasteiger charge is -1.99. The highest BCUT2D eigenvalue weighted by Crippen LogP contribution is 2.12. The molecule has 8 heteroatoms. The molecule has 0 radical (unpaired) electrons. The summed E-state index contributed by atoms with van der Waals surface area (Å²) in [6.45, 7) is 0. The van der Waals surface area contributed by atoms with Crippen molar-refractivity contribution >= 4 is 5.84 Å². The molecule has 0 spiro atoms. The van der Waals surface area contributed by atoms with Gasteiger partial charge in [-0.15, -0.1) is 10.2 Å². The van der Waals surface area contributed by atoms with Gasteiger partial charge in [0.2, 0.25) is 5.82 Å². The standard InChI is InChI=1S/C12H10N8/c13-10(14)9-6-7-15-12(16-9)20-18-11(17-19-20)8-4-2-1-3-5-8/h1-7H,(H3,13,14). The van der Waals surface area contributed by atoms with Crippen LogP contribution in [0, 0.1) is 5.41 Å². The molecule has 0 aliphatic rings. The molecule has 0 aliphatic carbocycles. The third kappa shape index (κ3) is 2.21. The summed E-state index contributed by atoms with van der Waals surface area (Å²) in [5, 5.41) is 19.4. The van der Waals surface area contributed by atoms with Crippen LogP contribution in [0.1, 0.15) is 5.69 Å². The van der Waals surface area contributed by atoms with E-state index in [1.165, 1.54) is 11.0 Å². The number of rotatable bonds is 3. The van der Waals surface area contributed by atoms with Crippen LogP contribution >= 0.6 is 0 Å². The Bertz CT molecular complexity index is 749. The first-order valence-corrected chi connectivity index (χ1v) is 5.77. The Labute approximate surface area is 113 Å². The SMILES string of the molecule is N=C(N)c1ccnc(-n2nnc(-c3ccccc3)n2)n1. The van der Waals surface area contributed by atoms with Gasteiger partial charge < -0.3 is 5.73 Å². The van der Waals surface area contributed by atoms with Gasteiger partial charge in [-0.2, -0.15) is 0 Å². The summed E-state index contributed by atoms with van der Waals surface area (Å²) in [6.07, 6.45) is 1.49. The quantitative estimate of drug-likeness (QED) is 0.523. The maximum absolute atomic E-state index is 7.36. The van der Waals surface area contributed by atoms with E-state index < -0.39 is 0 Å². The summed E-state index contributed by atoms with van der Waals surface area (Å²) in [7, 11) is 0. The van der Waals surface area contributed by atoms with E-state index in [4.69, 9.17) is 11.1 Å². The number of nitrogen functional groups attached to an aromatic ring is 1. The number of nitrogens with one attached hydrogen (secondary N) is 1. The number of aromatic nitrogens is 6. The van der Waals surface area contributed by atoms with Crippen LogP contribution in [0.2, 0.25) is 0 Å². The highest BCUT2D eigenvalue weighted by Gasteiger charge is 2.10. The highest BCUT2D eigenvalue weighted by molar-refractivity contribution is 5.92. The third-order valence-electron chi connectivity index (χ3n) is 2.54. The first kappa shape index (κ1) is 11.9. The van der Waals surface area contributed by atoms with E-state index in [1.54, 1.807) is 6.07 Å². The zero-order chi connectivity index (χ0) is 13.9. The normalized spacial score (nSPS) is 10.4. The summed E-state index contributed by atoms with van der Waals surface area (Å²) in [5.41, 5.74) is 6.55. The van der Waals surface area contributed by atoms with E-state index in [0.29, 0.717) is 11.5 Å². The van der Waals surface area contributed by atoms with Crippen LogP contribution in [0.5, 0.6) is 0 Å². The lowest BCUT2D eigenvalue weighted by Crippen LogP contribution is -2.15. The van der Waals surface area contributed by atoms with E-state index in [9.17, 15) is 0 Å². The van der Waals surface area contributed by atoms with Crippen molar-refractivity contribution in [2.45, 2.75) is 0 Å². The predicted octanol–water partition coefficient (Wildman–Crippen LogP) is 0.403. The molecular weight excluding hydrogens is 256 g/mol. The third-order valence-corrected chi connectivity index (χ3v) is 2.54. The average molecular weight is 266 g/mol. The van der Waals surface area contributed by atoms with Crippen LogP contribution in [0.4, 0.5) is 0 Å². The van der Waals surface area contributed by atoms with Crippen molar-refractivity contribution in [2.24, 2.45) is 5.73 Å². The molecule has 0 fully saturated rings. The van der Waals surface area contributed by atoms with Gasteiger partial charge in [-0.1, -0.05) is 35.1 Å². The Hall–Kier alpha value is -3.16. The Morgan fingerprint density at radius 3 is 2.70 bits per heavy atom. The minimum absolute atomic E-state index is 0.142. The lowest BCUT2D eigenvalue weighted by atomic mass is 10.2. The van der Waals surface area contributed by atoms with Gasteiger partial charge >= 0.3 is 0 Å². The van der Waals surface area contributed by atoms with Gasteiger partial charge in [0.05, 0.1) is 0 Å². The van der Waals surface area contributed by atoms with Crippen molar-refractivity contribution in [3.8, 4) is 17.3 Å². The van der Waals surface area contributed by atoms with Gasteiger partial charge in [0.1, 0.15) is 11.5 Å². The van der Waals surface area contributed by atoms with Crippen molar-refractivity contribution < 1.29 is 0 Å². The molecule has 0 aliphatic heterocycles. The smallest absolute Gasteiger partial charge is 0.271 e. The van der Waals surface area contributed by atoms with Crippen LogP contribution in [0.15, 0.2) is 42.6 Å². The largest absolute Gasteiger partial charge is 0.382 e. The molecule has 3 N–H and O–H groups in total. The van der Waals surface area contributed by atoms with E-state index in [-0.39, 0.29) is 11.8 Å². The molecule has 0 bridgehead atoms. The van der Waals surface area contributed by atoms with E-state index in [1.807, 2.05) is 30.3 Å². The first-order chi connectivity index (χ1) is 9.74. The fourth-order valence-corrected chi connectivity index (χ4v) is 1.60. The van der Waals surface area contributed by atoms with Crippen molar-refractivity contribution in [2.75, 3.05) is 0 Å². The second kappa shape index (κ2) is 4.84. The van der Waals surface area contributed by atoms with Crippen LogP contribution in [0.25, 0.3) is 17.3 Å². The molecule has 0 amide bonds.